The van der Waals surface area contributed by atoms with Crippen LogP contribution in [0.5, 0.6) is 0 Å². The first-order valence-electron chi connectivity index (χ1n) is 4.86. The molecule has 0 atom stereocenters. The number of nitrogen functional groups attached to an aromatic ring is 1. The molecule has 0 saturated carbocycles. The van der Waals surface area contributed by atoms with E-state index in [0.717, 1.165) is 11.8 Å². The lowest BCUT2D eigenvalue weighted by molar-refractivity contribution is 0.0989. The fraction of sp³-hybridized carbons (Fsp3) is 0.364. The first kappa shape index (κ1) is 12.7. The van der Waals surface area contributed by atoms with Crippen LogP contribution in [0, 0.1) is 6.92 Å². The van der Waals surface area contributed by atoms with E-state index in [0.29, 0.717) is 11.3 Å². The highest BCUT2D eigenvalue weighted by Gasteiger charge is 2.12. The van der Waals surface area contributed by atoms with Gasteiger partial charge in [-0.15, -0.1) is 0 Å². The van der Waals surface area contributed by atoms with Crippen LogP contribution in [0.2, 0.25) is 0 Å². The van der Waals surface area contributed by atoms with Gasteiger partial charge < -0.3 is 5.73 Å². The molecule has 0 fully saturated rings. The number of ketones is 1. The highest BCUT2D eigenvalue weighted by Crippen LogP contribution is 2.16. The monoisotopic (exact) mass is 241 g/mol. The molecule has 0 aliphatic carbocycles. The van der Waals surface area contributed by atoms with Gasteiger partial charge in [-0.1, -0.05) is 11.6 Å². The van der Waals surface area contributed by atoms with Gasteiger partial charge in [0.25, 0.3) is 0 Å². The molecule has 0 aliphatic heterocycles. The lowest BCUT2D eigenvalue weighted by Crippen LogP contribution is -2.11. The molecule has 4 nitrogen and oxygen atoms in total. The maximum absolute atomic E-state index is 11.7. The maximum atomic E-state index is 11.7. The predicted molar refractivity (Wildman–Crippen MR) is 64.2 cm³/mol. The molecule has 0 aliphatic rings. The average molecular weight is 241 g/mol. The van der Waals surface area contributed by atoms with Crippen LogP contribution in [0.1, 0.15) is 22.3 Å². The zero-order valence-corrected chi connectivity index (χ0v) is 10.2. The molecule has 0 aromatic heterocycles. The Labute approximate surface area is 95.4 Å². The van der Waals surface area contributed by atoms with Gasteiger partial charge in [0.1, 0.15) is 9.84 Å². The van der Waals surface area contributed by atoms with Crippen LogP contribution in [0.4, 0.5) is 5.69 Å². The normalized spacial score (nSPS) is 11.4. The minimum atomic E-state index is -3.11. The smallest absolute Gasteiger partial charge is 0.165 e. The molecule has 0 saturated heterocycles. The van der Waals surface area contributed by atoms with Crippen LogP contribution in [0.15, 0.2) is 18.2 Å². The highest BCUT2D eigenvalue weighted by atomic mass is 32.2. The number of Topliss-reactive ketones (excluding diaryl/α,β-unsaturated/α-hetero) is 1. The molecule has 0 bridgehead atoms. The fourth-order valence-corrected chi connectivity index (χ4v) is 1.88. The summed E-state index contributed by atoms with van der Waals surface area (Å²) in [4.78, 5) is 11.7. The van der Waals surface area contributed by atoms with Crippen LogP contribution < -0.4 is 5.73 Å². The van der Waals surface area contributed by atoms with Gasteiger partial charge in [-0.05, 0) is 19.1 Å². The molecular formula is C11H15NO3S. The summed E-state index contributed by atoms with van der Waals surface area (Å²) in [6, 6.07) is 5.14. The van der Waals surface area contributed by atoms with E-state index in [2.05, 4.69) is 0 Å². The second-order valence-corrected chi connectivity index (χ2v) is 6.15. The molecule has 1 aromatic carbocycles. The third kappa shape index (κ3) is 3.66. The van der Waals surface area contributed by atoms with E-state index in [4.69, 9.17) is 5.73 Å². The molecule has 88 valence electrons. The summed E-state index contributed by atoms with van der Waals surface area (Å²) in [6.07, 6.45) is 1.09. The summed E-state index contributed by atoms with van der Waals surface area (Å²) in [6.45, 7) is 1.85. The molecule has 1 aromatic rings. The van der Waals surface area contributed by atoms with Crippen LogP contribution in [0.25, 0.3) is 0 Å². The number of anilines is 1. The van der Waals surface area contributed by atoms with Gasteiger partial charge >= 0.3 is 0 Å². The van der Waals surface area contributed by atoms with Gasteiger partial charge in [-0.25, -0.2) is 8.42 Å². The third-order valence-corrected chi connectivity index (χ3v) is 3.15. The topological polar surface area (TPSA) is 77.2 Å². The second kappa shape index (κ2) is 4.65. The van der Waals surface area contributed by atoms with Gasteiger partial charge in [0, 0.05) is 23.9 Å². The Kier molecular flexibility index (Phi) is 3.70. The Bertz CT molecular complexity index is 506. The van der Waals surface area contributed by atoms with E-state index in [9.17, 15) is 13.2 Å². The van der Waals surface area contributed by atoms with Crippen molar-refractivity contribution in [2.24, 2.45) is 0 Å². The second-order valence-electron chi connectivity index (χ2n) is 3.89. The molecule has 5 heteroatoms. The molecule has 0 radical (unpaired) electrons. The minimum Gasteiger partial charge on any atom is -0.398 e. The molecular weight excluding hydrogens is 226 g/mol. The van der Waals surface area contributed by atoms with Crippen molar-refractivity contribution in [1.29, 1.82) is 0 Å². The van der Waals surface area contributed by atoms with Crippen molar-refractivity contribution in [3.8, 4) is 0 Å². The minimum absolute atomic E-state index is 0.0213. The van der Waals surface area contributed by atoms with E-state index in [1.165, 1.54) is 0 Å². The van der Waals surface area contributed by atoms with Crippen molar-refractivity contribution in [1.82, 2.24) is 0 Å². The van der Waals surface area contributed by atoms with E-state index >= 15 is 0 Å². The number of benzene rings is 1. The largest absolute Gasteiger partial charge is 0.398 e. The Hall–Kier alpha value is -1.36. The van der Waals surface area contributed by atoms with Gasteiger partial charge in [-0.3, -0.25) is 4.79 Å². The van der Waals surface area contributed by atoms with Gasteiger partial charge in [-0.2, -0.15) is 0 Å². The maximum Gasteiger partial charge on any atom is 0.165 e. The number of aryl methyl sites for hydroxylation is 1. The van der Waals surface area contributed by atoms with E-state index < -0.39 is 9.84 Å². The number of carbonyl (C=O) groups excluding carboxylic acids is 1. The Morgan fingerprint density at radius 2 is 2.00 bits per heavy atom. The van der Waals surface area contributed by atoms with Crippen molar-refractivity contribution in [2.45, 2.75) is 13.3 Å². The van der Waals surface area contributed by atoms with Crippen molar-refractivity contribution in [3.05, 3.63) is 29.3 Å². The quantitative estimate of drug-likeness (QED) is 0.634. The molecule has 0 unspecified atom stereocenters. The van der Waals surface area contributed by atoms with Crippen LogP contribution >= 0.6 is 0 Å². The number of carbonyl (C=O) groups is 1. The zero-order chi connectivity index (χ0) is 12.3. The van der Waals surface area contributed by atoms with Gasteiger partial charge in [0.05, 0.1) is 5.75 Å². The van der Waals surface area contributed by atoms with Crippen LogP contribution in [-0.2, 0) is 9.84 Å². The summed E-state index contributed by atoms with van der Waals surface area (Å²) in [5, 5.41) is 0. The Morgan fingerprint density at radius 3 is 2.56 bits per heavy atom. The predicted octanol–water partition coefficient (Wildman–Crippen LogP) is 1.19. The molecule has 0 heterocycles. The standard InChI is InChI=1S/C11H15NO3S/c1-8-3-4-10(12)9(7-8)11(13)5-6-16(2,14)15/h3-4,7H,5-6,12H2,1-2H3. The third-order valence-electron chi connectivity index (χ3n) is 2.21. The Balaban J connectivity index is 2.85. The van der Waals surface area contributed by atoms with E-state index in [-0.39, 0.29) is 18.0 Å². The summed E-state index contributed by atoms with van der Waals surface area (Å²) in [7, 11) is -3.11. The average Bonchev–Trinajstić information content (AvgIpc) is 2.17. The molecule has 0 spiro atoms. The Morgan fingerprint density at radius 1 is 1.38 bits per heavy atom. The molecule has 0 amide bonds. The van der Waals surface area contributed by atoms with Gasteiger partial charge in [0.2, 0.25) is 0 Å². The molecule has 16 heavy (non-hydrogen) atoms. The number of nitrogens with two attached hydrogens (primary N) is 1. The summed E-state index contributed by atoms with van der Waals surface area (Å²) in [5.74, 6) is -0.370. The van der Waals surface area contributed by atoms with Crippen molar-refractivity contribution in [2.75, 3.05) is 17.7 Å². The summed E-state index contributed by atoms with van der Waals surface area (Å²) < 4.78 is 21.9. The zero-order valence-electron chi connectivity index (χ0n) is 9.36. The highest BCUT2D eigenvalue weighted by molar-refractivity contribution is 7.90. The number of rotatable bonds is 4. The lowest BCUT2D eigenvalue weighted by atomic mass is 10.0. The van der Waals surface area contributed by atoms with Crippen LogP contribution in [-0.4, -0.2) is 26.2 Å². The first-order chi connectivity index (χ1) is 7.29. The van der Waals surface area contributed by atoms with Crippen molar-refractivity contribution in [3.63, 3.8) is 0 Å². The van der Waals surface area contributed by atoms with Crippen LogP contribution in [0.3, 0.4) is 0 Å². The first-order valence-corrected chi connectivity index (χ1v) is 6.93. The summed E-state index contributed by atoms with van der Waals surface area (Å²) >= 11 is 0. The molecule has 1 rings (SSSR count). The van der Waals surface area contributed by atoms with E-state index in [1.54, 1.807) is 12.1 Å². The van der Waals surface area contributed by atoms with E-state index in [1.807, 2.05) is 13.0 Å². The van der Waals surface area contributed by atoms with Crippen molar-refractivity contribution >= 4 is 21.3 Å². The fourth-order valence-electron chi connectivity index (χ4n) is 1.32. The number of sulfone groups is 1. The summed E-state index contributed by atoms with van der Waals surface area (Å²) in [5.41, 5.74) is 7.39. The number of hydrogen-bond donors (Lipinski definition) is 1. The lowest BCUT2D eigenvalue weighted by Gasteiger charge is -2.05. The molecule has 2 N–H and O–H groups in total. The van der Waals surface area contributed by atoms with Gasteiger partial charge in [0.15, 0.2) is 5.78 Å². The SMILES string of the molecule is Cc1ccc(N)c(C(=O)CCS(C)(=O)=O)c1. The number of hydrogen-bond acceptors (Lipinski definition) is 4. The van der Waals surface area contributed by atoms with Crippen molar-refractivity contribution < 1.29 is 13.2 Å².